The fraction of sp³-hybridized carbons (Fsp3) is 0.421. The fourth-order valence-corrected chi connectivity index (χ4v) is 2.96. The Kier molecular flexibility index (Phi) is 8.24. The number of carbonyl (C=O) groups excluding carboxylic acids is 2. The Labute approximate surface area is 158 Å². The maximum absolute atomic E-state index is 12.0. The molecular weight excluding hydrogens is 350 g/mol. The van der Waals surface area contributed by atoms with Gasteiger partial charge >= 0.3 is 0 Å². The van der Waals surface area contributed by atoms with Crippen molar-refractivity contribution in [2.75, 3.05) is 18.5 Å². The number of amides is 2. The molecule has 1 aromatic carbocycles. The van der Waals surface area contributed by atoms with Crippen LogP contribution in [-0.4, -0.2) is 36.1 Å². The van der Waals surface area contributed by atoms with Gasteiger partial charge in [0.1, 0.15) is 0 Å². The van der Waals surface area contributed by atoms with E-state index in [4.69, 9.17) is 4.74 Å². The second-order valence-electron chi connectivity index (χ2n) is 6.15. The quantitative estimate of drug-likeness (QED) is 0.626. The van der Waals surface area contributed by atoms with Crippen LogP contribution in [0, 0.1) is 0 Å². The van der Waals surface area contributed by atoms with Gasteiger partial charge < -0.3 is 15.4 Å². The van der Waals surface area contributed by atoms with Gasteiger partial charge in [0, 0.05) is 18.5 Å². The zero-order chi connectivity index (χ0) is 18.8. The molecule has 1 heterocycles. The molecule has 26 heavy (non-hydrogen) atoms. The lowest BCUT2D eigenvalue weighted by Gasteiger charge is -2.07. The first-order chi connectivity index (χ1) is 12.5. The third kappa shape index (κ3) is 7.76. The predicted molar refractivity (Wildman–Crippen MR) is 103 cm³/mol. The number of nitrogens with one attached hydrogen (secondary N) is 2. The Morgan fingerprint density at radius 1 is 1.15 bits per heavy atom. The number of thiazole rings is 1. The largest absolute Gasteiger partial charge is 0.379 e. The summed E-state index contributed by atoms with van der Waals surface area (Å²) in [5.74, 6) is -0.200. The molecule has 140 valence electrons. The van der Waals surface area contributed by atoms with E-state index in [1.54, 1.807) is 5.38 Å². The summed E-state index contributed by atoms with van der Waals surface area (Å²) in [6.07, 6.45) is 1.49. The zero-order valence-corrected chi connectivity index (χ0v) is 16.0. The monoisotopic (exact) mass is 375 g/mol. The van der Waals surface area contributed by atoms with Crippen LogP contribution in [0.25, 0.3) is 0 Å². The number of hydrogen-bond donors (Lipinski definition) is 2. The van der Waals surface area contributed by atoms with Gasteiger partial charge in [-0.25, -0.2) is 4.98 Å². The molecule has 0 spiro atoms. The molecule has 0 fully saturated rings. The van der Waals surface area contributed by atoms with E-state index in [9.17, 15) is 9.59 Å². The van der Waals surface area contributed by atoms with E-state index in [0.29, 0.717) is 30.4 Å². The average molecular weight is 375 g/mol. The molecule has 0 saturated carbocycles. The Hall–Kier alpha value is -2.25. The molecule has 0 saturated heterocycles. The lowest BCUT2D eigenvalue weighted by molar-refractivity contribution is -0.120. The third-order valence-electron chi connectivity index (χ3n) is 3.44. The summed E-state index contributed by atoms with van der Waals surface area (Å²) in [6.45, 7) is 5.18. The first kappa shape index (κ1) is 20.1. The summed E-state index contributed by atoms with van der Waals surface area (Å²) < 4.78 is 5.42. The van der Waals surface area contributed by atoms with Gasteiger partial charge in [-0.2, -0.15) is 0 Å². The minimum atomic E-state index is -0.119. The fourth-order valence-electron chi connectivity index (χ4n) is 2.24. The summed E-state index contributed by atoms with van der Waals surface area (Å²) in [5, 5.41) is 7.92. The zero-order valence-electron chi connectivity index (χ0n) is 15.2. The predicted octanol–water partition coefficient (Wildman–Crippen LogP) is 2.80. The molecule has 0 aliphatic carbocycles. The second kappa shape index (κ2) is 10.7. The van der Waals surface area contributed by atoms with Crippen molar-refractivity contribution < 1.29 is 14.3 Å². The molecule has 2 rings (SSSR count). The van der Waals surface area contributed by atoms with Crippen LogP contribution in [0.2, 0.25) is 0 Å². The number of carbonyl (C=O) groups is 2. The van der Waals surface area contributed by atoms with Crippen molar-refractivity contribution in [3.63, 3.8) is 0 Å². The molecule has 0 unspecified atom stereocenters. The molecule has 0 atom stereocenters. The van der Waals surface area contributed by atoms with Crippen molar-refractivity contribution in [3.05, 3.63) is 47.0 Å². The maximum atomic E-state index is 12.0. The molecule has 2 N–H and O–H groups in total. The summed E-state index contributed by atoms with van der Waals surface area (Å²) in [6, 6.07) is 9.53. The molecule has 6 nitrogen and oxygen atoms in total. The van der Waals surface area contributed by atoms with Crippen molar-refractivity contribution in [3.8, 4) is 0 Å². The highest BCUT2D eigenvalue weighted by Crippen LogP contribution is 2.16. The van der Waals surface area contributed by atoms with E-state index in [1.807, 2.05) is 44.2 Å². The summed E-state index contributed by atoms with van der Waals surface area (Å²) >= 11 is 1.32. The van der Waals surface area contributed by atoms with Gasteiger partial charge in [0.2, 0.25) is 11.8 Å². The smallest absolute Gasteiger partial charge is 0.230 e. The van der Waals surface area contributed by atoms with Crippen molar-refractivity contribution in [2.45, 2.75) is 39.2 Å². The molecule has 0 aliphatic heterocycles. The van der Waals surface area contributed by atoms with E-state index in [-0.39, 0.29) is 24.3 Å². The summed E-state index contributed by atoms with van der Waals surface area (Å²) in [5.41, 5.74) is 1.60. The van der Waals surface area contributed by atoms with Gasteiger partial charge in [0.25, 0.3) is 0 Å². The first-order valence-corrected chi connectivity index (χ1v) is 9.57. The van der Waals surface area contributed by atoms with Crippen LogP contribution in [0.1, 0.15) is 31.5 Å². The number of anilines is 1. The van der Waals surface area contributed by atoms with Crippen LogP contribution in [0.3, 0.4) is 0 Å². The van der Waals surface area contributed by atoms with Gasteiger partial charge in [-0.15, -0.1) is 11.3 Å². The van der Waals surface area contributed by atoms with Crippen molar-refractivity contribution in [1.29, 1.82) is 0 Å². The maximum Gasteiger partial charge on any atom is 0.230 e. The van der Waals surface area contributed by atoms with Crippen LogP contribution in [0.5, 0.6) is 0 Å². The molecule has 0 bridgehead atoms. The minimum Gasteiger partial charge on any atom is -0.379 e. The molecule has 2 aromatic rings. The summed E-state index contributed by atoms with van der Waals surface area (Å²) in [7, 11) is 0. The van der Waals surface area contributed by atoms with E-state index >= 15 is 0 Å². The highest BCUT2D eigenvalue weighted by Gasteiger charge is 2.10. The first-order valence-electron chi connectivity index (χ1n) is 8.69. The average Bonchev–Trinajstić information content (AvgIpc) is 3.01. The third-order valence-corrected chi connectivity index (χ3v) is 4.25. The standard InChI is InChI=1S/C19H25N3O3S/c1-14(2)25-10-6-9-20-17(23)12-16-13-26-19(21-16)22-18(24)11-15-7-4-3-5-8-15/h3-5,7-8,13-14H,6,9-12H2,1-2H3,(H,20,23)(H,21,22,24). The SMILES string of the molecule is CC(C)OCCCNC(=O)Cc1csc(NC(=O)Cc2ccccc2)n1. The Morgan fingerprint density at radius 3 is 2.65 bits per heavy atom. The Balaban J connectivity index is 1.70. The minimum absolute atomic E-state index is 0.0815. The van der Waals surface area contributed by atoms with Crippen LogP contribution >= 0.6 is 11.3 Å². The molecule has 1 aromatic heterocycles. The van der Waals surface area contributed by atoms with Gasteiger partial charge in [0.15, 0.2) is 5.13 Å². The van der Waals surface area contributed by atoms with Crippen LogP contribution in [0.4, 0.5) is 5.13 Å². The molecule has 7 heteroatoms. The van der Waals surface area contributed by atoms with Gasteiger partial charge in [-0.05, 0) is 25.8 Å². The molecule has 0 aliphatic rings. The van der Waals surface area contributed by atoms with Gasteiger partial charge in [-0.3, -0.25) is 9.59 Å². The highest BCUT2D eigenvalue weighted by atomic mass is 32.1. The number of aromatic nitrogens is 1. The number of nitrogens with zero attached hydrogens (tertiary/aromatic N) is 1. The normalized spacial score (nSPS) is 10.7. The number of rotatable bonds is 10. The van der Waals surface area contributed by atoms with Crippen LogP contribution < -0.4 is 10.6 Å². The number of hydrogen-bond acceptors (Lipinski definition) is 5. The number of benzene rings is 1. The van der Waals surface area contributed by atoms with E-state index in [0.717, 1.165) is 12.0 Å². The van der Waals surface area contributed by atoms with Crippen molar-refractivity contribution >= 4 is 28.3 Å². The molecule has 2 amide bonds. The summed E-state index contributed by atoms with van der Waals surface area (Å²) in [4.78, 5) is 28.2. The van der Waals surface area contributed by atoms with Gasteiger partial charge in [0.05, 0.1) is 24.6 Å². The Bertz CT molecular complexity index is 701. The van der Waals surface area contributed by atoms with Crippen molar-refractivity contribution in [2.24, 2.45) is 0 Å². The lowest BCUT2D eigenvalue weighted by atomic mass is 10.1. The Morgan fingerprint density at radius 2 is 1.92 bits per heavy atom. The molecule has 0 radical (unpaired) electrons. The van der Waals surface area contributed by atoms with Crippen LogP contribution in [0.15, 0.2) is 35.7 Å². The number of ether oxygens (including phenoxy) is 1. The van der Waals surface area contributed by atoms with E-state index < -0.39 is 0 Å². The van der Waals surface area contributed by atoms with Gasteiger partial charge in [-0.1, -0.05) is 30.3 Å². The lowest BCUT2D eigenvalue weighted by Crippen LogP contribution is -2.27. The molecular formula is C19H25N3O3S. The topological polar surface area (TPSA) is 80.3 Å². The van der Waals surface area contributed by atoms with E-state index in [1.165, 1.54) is 11.3 Å². The second-order valence-corrected chi connectivity index (χ2v) is 7.01. The van der Waals surface area contributed by atoms with E-state index in [2.05, 4.69) is 15.6 Å². The van der Waals surface area contributed by atoms with Crippen LogP contribution in [-0.2, 0) is 27.2 Å². The van der Waals surface area contributed by atoms with Crippen molar-refractivity contribution in [1.82, 2.24) is 10.3 Å². The highest BCUT2D eigenvalue weighted by molar-refractivity contribution is 7.13.